The molecule has 1 unspecified atom stereocenters. The van der Waals surface area contributed by atoms with Crippen LogP contribution < -0.4 is 0 Å². The van der Waals surface area contributed by atoms with E-state index in [1.807, 2.05) is 37.3 Å². The molecule has 4 rings (SSSR count). The lowest BCUT2D eigenvalue weighted by atomic mass is 10.0. The van der Waals surface area contributed by atoms with Gasteiger partial charge in [0.1, 0.15) is 0 Å². The maximum absolute atomic E-state index is 12.8. The molecule has 7 nitrogen and oxygen atoms in total. The molecule has 0 radical (unpaired) electrons. The fourth-order valence-corrected chi connectivity index (χ4v) is 4.27. The number of piperidine rings is 1. The molecule has 1 saturated heterocycles. The van der Waals surface area contributed by atoms with E-state index >= 15 is 0 Å². The lowest BCUT2D eigenvalue weighted by molar-refractivity contribution is -0.137. The number of carbonyl (C=O) groups is 4. The lowest BCUT2D eigenvalue weighted by Gasteiger charge is -2.33. The fraction of sp³-hybridized carbons (Fsp3) is 0.360. The van der Waals surface area contributed by atoms with E-state index in [2.05, 4.69) is 0 Å². The van der Waals surface area contributed by atoms with Crippen LogP contribution in [-0.4, -0.2) is 59.2 Å². The molecule has 0 spiro atoms. The number of carbonyl (C=O) groups excluding carboxylic acids is 4. The Hall–Kier alpha value is -3.48. The van der Waals surface area contributed by atoms with E-state index in [1.165, 1.54) is 23.1 Å². The van der Waals surface area contributed by atoms with Crippen molar-refractivity contribution in [1.29, 1.82) is 0 Å². The minimum absolute atomic E-state index is 0.139. The molecule has 1 atom stereocenters. The van der Waals surface area contributed by atoms with Gasteiger partial charge in [-0.05, 0) is 56.4 Å². The monoisotopic (exact) mass is 434 g/mol. The topological polar surface area (TPSA) is 84.0 Å². The van der Waals surface area contributed by atoms with E-state index in [1.54, 1.807) is 4.90 Å². The van der Waals surface area contributed by atoms with Crippen LogP contribution in [0.1, 0.15) is 62.8 Å². The van der Waals surface area contributed by atoms with Crippen LogP contribution in [0.15, 0.2) is 48.5 Å². The van der Waals surface area contributed by atoms with Gasteiger partial charge < -0.3 is 9.64 Å². The zero-order chi connectivity index (χ0) is 22.7. The largest absolute Gasteiger partial charge is 0.452 e. The van der Waals surface area contributed by atoms with Gasteiger partial charge in [0, 0.05) is 19.1 Å². The number of benzene rings is 2. The molecule has 3 amide bonds. The van der Waals surface area contributed by atoms with Crippen molar-refractivity contribution < 1.29 is 23.9 Å². The predicted molar refractivity (Wildman–Crippen MR) is 117 cm³/mol. The Balaban J connectivity index is 1.39. The van der Waals surface area contributed by atoms with Crippen molar-refractivity contribution in [2.75, 3.05) is 19.7 Å². The number of hydrogen-bond donors (Lipinski definition) is 0. The van der Waals surface area contributed by atoms with Gasteiger partial charge in [0.05, 0.1) is 16.7 Å². The zero-order valence-electron chi connectivity index (χ0n) is 18.1. The Morgan fingerprint density at radius 2 is 1.75 bits per heavy atom. The van der Waals surface area contributed by atoms with Crippen LogP contribution in [0.25, 0.3) is 0 Å². The molecule has 2 heterocycles. The molecule has 2 aromatic carbocycles. The minimum Gasteiger partial charge on any atom is -0.452 e. The highest BCUT2D eigenvalue weighted by atomic mass is 16.5. The summed E-state index contributed by atoms with van der Waals surface area (Å²) in [5, 5.41) is 0. The van der Waals surface area contributed by atoms with Gasteiger partial charge in [-0.15, -0.1) is 0 Å². The lowest BCUT2D eigenvalue weighted by Crippen LogP contribution is -2.44. The van der Waals surface area contributed by atoms with Crippen molar-refractivity contribution in [2.24, 2.45) is 0 Å². The summed E-state index contributed by atoms with van der Waals surface area (Å²) >= 11 is 0. The summed E-state index contributed by atoms with van der Waals surface area (Å²) < 4.78 is 5.21. The summed E-state index contributed by atoms with van der Waals surface area (Å²) in [6, 6.07) is 14.1. The van der Waals surface area contributed by atoms with E-state index in [0.29, 0.717) is 13.0 Å². The van der Waals surface area contributed by atoms with Crippen LogP contribution in [0.5, 0.6) is 0 Å². The molecule has 7 heteroatoms. The number of hydrogen-bond acceptors (Lipinski definition) is 5. The number of imide groups is 1. The third-order valence-corrected chi connectivity index (χ3v) is 6.12. The first-order chi connectivity index (χ1) is 15.5. The first-order valence-corrected chi connectivity index (χ1v) is 11.0. The molecule has 0 N–H and O–H groups in total. The second-order valence-electron chi connectivity index (χ2n) is 8.27. The number of amides is 3. The third-order valence-electron chi connectivity index (χ3n) is 6.12. The van der Waals surface area contributed by atoms with Crippen molar-refractivity contribution in [3.05, 3.63) is 70.8 Å². The van der Waals surface area contributed by atoms with Crippen molar-refractivity contribution in [3.8, 4) is 0 Å². The van der Waals surface area contributed by atoms with E-state index in [-0.39, 0.29) is 47.7 Å². The highest BCUT2D eigenvalue weighted by molar-refractivity contribution is 6.22. The number of rotatable bonds is 6. The molecule has 166 valence electrons. The zero-order valence-corrected chi connectivity index (χ0v) is 18.1. The van der Waals surface area contributed by atoms with Crippen molar-refractivity contribution in [2.45, 2.75) is 38.6 Å². The summed E-state index contributed by atoms with van der Waals surface area (Å²) in [4.78, 5) is 53.3. The molecule has 0 aromatic heterocycles. The molecule has 2 aromatic rings. The Morgan fingerprint density at radius 3 is 2.50 bits per heavy atom. The number of likely N-dealkylation sites (tertiary alicyclic amines) is 1. The Labute approximate surface area is 187 Å². The molecule has 2 aliphatic rings. The van der Waals surface area contributed by atoms with E-state index in [4.69, 9.17) is 4.74 Å². The van der Waals surface area contributed by atoms with Crippen LogP contribution >= 0.6 is 0 Å². The summed E-state index contributed by atoms with van der Waals surface area (Å²) in [6.45, 7) is 2.59. The van der Waals surface area contributed by atoms with E-state index < -0.39 is 11.9 Å². The van der Waals surface area contributed by atoms with Crippen molar-refractivity contribution >= 4 is 23.7 Å². The van der Waals surface area contributed by atoms with E-state index in [0.717, 1.165) is 24.8 Å². The summed E-state index contributed by atoms with van der Waals surface area (Å²) in [5.74, 6) is -1.69. The molecular weight excluding hydrogens is 408 g/mol. The van der Waals surface area contributed by atoms with Gasteiger partial charge >= 0.3 is 5.97 Å². The quantitative estimate of drug-likeness (QED) is 0.515. The molecule has 0 bridgehead atoms. The first-order valence-electron chi connectivity index (χ1n) is 11.0. The highest BCUT2D eigenvalue weighted by Gasteiger charge is 2.36. The highest BCUT2D eigenvalue weighted by Crippen LogP contribution is 2.25. The summed E-state index contributed by atoms with van der Waals surface area (Å²) in [6.07, 6.45) is 3.54. The summed E-state index contributed by atoms with van der Waals surface area (Å²) in [5.41, 5.74) is 1.64. The second-order valence-corrected chi connectivity index (χ2v) is 8.27. The standard InChI is InChI=1S/C25H26N2O5/c1-17-7-5-6-13-26(17)22(28)16-32-25(31)19-10-11-20-21(15-19)24(30)27(23(20)29)14-12-18-8-3-2-4-9-18/h2-4,8-11,15,17H,5-7,12-14,16H2,1H3. The van der Waals surface area contributed by atoms with Gasteiger partial charge in [-0.2, -0.15) is 0 Å². The normalized spacial score (nSPS) is 18.0. The van der Waals surface area contributed by atoms with Crippen LogP contribution in [0, 0.1) is 0 Å². The number of fused-ring (bicyclic) bond motifs is 1. The predicted octanol–water partition coefficient (Wildman–Crippen LogP) is 3.08. The smallest absolute Gasteiger partial charge is 0.338 e. The second kappa shape index (κ2) is 9.34. The van der Waals surface area contributed by atoms with Gasteiger partial charge in [0.25, 0.3) is 17.7 Å². The van der Waals surface area contributed by atoms with Gasteiger partial charge in [0.15, 0.2) is 6.61 Å². The molecule has 32 heavy (non-hydrogen) atoms. The molecule has 0 aliphatic carbocycles. The van der Waals surface area contributed by atoms with Crippen molar-refractivity contribution in [3.63, 3.8) is 0 Å². The fourth-order valence-electron chi connectivity index (χ4n) is 4.27. The average Bonchev–Trinajstić information content (AvgIpc) is 3.05. The van der Waals surface area contributed by atoms with Crippen molar-refractivity contribution in [1.82, 2.24) is 9.80 Å². The minimum atomic E-state index is -0.686. The average molecular weight is 434 g/mol. The van der Waals surface area contributed by atoms with Crippen LogP contribution in [0.3, 0.4) is 0 Å². The SMILES string of the molecule is CC1CCCCN1C(=O)COC(=O)c1ccc2c(c1)C(=O)N(CCc1ccccc1)C2=O. The molecule has 0 saturated carbocycles. The molecule has 2 aliphatic heterocycles. The Bertz CT molecular complexity index is 1050. The first kappa shape index (κ1) is 21.7. The van der Waals surface area contributed by atoms with Gasteiger partial charge in [-0.25, -0.2) is 4.79 Å². The van der Waals surface area contributed by atoms with Crippen LogP contribution in [-0.2, 0) is 16.0 Å². The number of esters is 1. The van der Waals surface area contributed by atoms with Gasteiger partial charge in [-0.3, -0.25) is 19.3 Å². The Kier molecular flexibility index (Phi) is 6.35. The van der Waals surface area contributed by atoms with Crippen LogP contribution in [0.2, 0.25) is 0 Å². The van der Waals surface area contributed by atoms with Gasteiger partial charge in [-0.1, -0.05) is 30.3 Å². The number of nitrogens with zero attached hydrogens (tertiary/aromatic N) is 2. The van der Waals surface area contributed by atoms with Crippen LogP contribution in [0.4, 0.5) is 0 Å². The maximum Gasteiger partial charge on any atom is 0.338 e. The number of ether oxygens (including phenoxy) is 1. The Morgan fingerprint density at radius 1 is 1.00 bits per heavy atom. The third kappa shape index (κ3) is 4.42. The van der Waals surface area contributed by atoms with E-state index in [9.17, 15) is 19.2 Å². The summed E-state index contributed by atoms with van der Waals surface area (Å²) in [7, 11) is 0. The maximum atomic E-state index is 12.8. The van der Waals surface area contributed by atoms with Gasteiger partial charge in [0.2, 0.25) is 0 Å². The molecular formula is C25H26N2O5. The molecule has 1 fully saturated rings.